The smallest absolute Gasteiger partial charge is 0.343 e. The molecule has 0 aliphatic carbocycles. The van der Waals surface area contributed by atoms with Crippen molar-refractivity contribution in [3.05, 3.63) is 18.0 Å². The van der Waals surface area contributed by atoms with Crippen LogP contribution in [0.25, 0.3) is 5.65 Å². The zero-order valence-corrected chi connectivity index (χ0v) is 10.7. The maximum Gasteiger partial charge on any atom is 0.343 e. The van der Waals surface area contributed by atoms with Crippen LogP contribution >= 0.6 is 0 Å². The van der Waals surface area contributed by atoms with E-state index in [1.807, 2.05) is 6.92 Å². The molecule has 0 fully saturated rings. The highest BCUT2D eigenvalue weighted by atomic mass is 16.5. The summed E-state index contributed by atoms with van der Waals surface area (Å²) in [5.41, 5.74) is 0.812. The first-order valence-electron chi connectivity index (χ1n) is 6.14. The highest BCUT2D eigenvalue weighted by Gasteiger charge is 2.21. The minimum absolute atomic E-state index is 0.177. The number of aromatic nitrogens is 3. The van der Waals surface area contributed by atoms with Gasteiger partial charge in [-0.2, -0.15) is 5.10 Å². The predicted octanol–water partition coefficient (Wildman–Crippen LogP) is 1.10. The zero-order valence-electron chi connectivity index (χ0n) is 10.7. The van der Waals surface area contributed by atoms with Gasteiger partial charge in [-0.1, -0.05) is 0 Å². The summed E-state index contributed by atoms with van der Waals surface area (Å²) in [6.45, 7) is 4.65. The molecule has 7 heteroatoms. The summed E-state index contributed by atoms with van der Waals surface area (Å²) in [5, 5.41) is 7.31. The normalized spacial score (nSPS) is 17.5. The number of nitrogens with zero attached hydrogens (tertiary/aromatic N) is 3. The number of anilines is 1. The van der Waals surface area contributed by atoms with Crippen molar-refractivity contribution in [2.75, 3.05) is 18.5 Å². The lowest BCUT2D eigenvalue weighted by Crippen LogP contribution is -2.29. The molecule has 3 heterocycles. The van der Waals surface area contributed by atoms with Crippen LogP contribution in [0.15, 0.2) is 12.4 Å². The fourth-order valence-corrected chi connectivity index (χ4v) is 1.95. The van der Waals surface area contributed by atoms with Gasteiger partial charge in [-0.15, -0.1) is 0 Å². The van der Waals surface area contributed by atoms with Crippen molar-refractivity contribution < 1.29 is 14.3 Å². The number of nitrogens with one attached hydrogen (secondary N) is 1. The van der Waals surface area contributed by atoms with Crippen LogP contribution in [0, 0.1) is 0 Å². The maximum atomic E-state index is 11.8. The third kappa shape index (κ3) is 1.96. The van der Waals surface area contributed by atoms with Crippen LogP contribution in [-0.4, -0.2) is 39.8 Å². The fraction of sp³-hybridized carbons (Fsp3) is 0.417. The van der Waals surface area contributed by atoms with Crippen LogP contribution in [0.1, 0.15) is 24.2 Å². The molecule has 0 radical (unpaired) electrons. The van der Waals surface area contributed by atoms with Crippen LogP contribution < -0.4 is 10.1 Å². The summed E-state index contributed by atoms with van der Waals surface area (Å²) in [6, 6.07) is 0.177. The average Bonchev–Trinajstić information content (AvgIpc) is 2.79. The zero-order chi connectivity index (χ0) is 13.4. The van der Waals surface area contributed by atoms with E-state index in [1.54, 1.807) is 13.1 Å². The Morgan fingerprint density at radius 3 is 3.32 bits per heavy atom. The molecule has 1 atom stereocenters. The van der Waals surface area contributed by atoms with E-state index in [0.29, 0.717) is 36.0 Å². The van der Waals surface area contributed by atoms with Gasteiger partial charge < -0.3 is 14.8 Å². The van der Waals surface area contributed by atoms with Crippen molar-refractivity contribution in [3.63, 3.8) is 0 Å². The molecular weight excluding hydrogens is 248 g/mol. The summed E-state index contributed by atoms with van der Waals surface area (Å²) in [6.07, 6.45) is 3.16. The standard InChI is InChI=1S/C12H14N4O3/c1-3-18-12(17)8-4-13-16-5-9-10(15-11(8)16)14-7(2)6-19-9/h4-5,7H,3,6H2,1-2H3,(H,14,15)/t7-/m1/s1. The lowest BCUT2D eigenvalue weighted by Gasteiger charge is -2.23. The summed E-state index contributed by atoms with van der Waals surface area (Å²) in [4.78, 5) is 16.2. The van der Waals surface area contributed by atoms with Gasteiger partial charge in [0, 0.05) is 0 Å². The summed E-state index contributed by atoms with van der Waals surface area (Å²) >= 11 is 0. The van der Waals surface area contributed by atoms with Gasteiger partial charge in [0.25, 0.3) is 0 Å². The minimum atomic E-state index is -0.422. The van der Waals surface area contributed by atoms with E-state index >= 15 is 0 Å². The SMILES string of the molecule is CCOC(=O)c1cnn2cc3c(nc12)N[C@H](C)CO3. The first-order chi connectivity index (χ1) is 9.19. The second-order valence-electron chi connectivity index (χ2n) is 4.36. The number of rotatable bonds is 2. The molecule has 0 unspecified atom stereocenters. The highest BCUT2D eigenvalue weighted by molar-refractivity contribution is 5.95. The molecule has 2 aromatic rings. The Bertz CT molecular complexity index is 637. The number of esters is 1. The molecule has 100 valence electrons. The topological polar surface area (TPSA) is 77.8 Å². The van der Waals surface area contributed by atoms with Gasteiger partial charge in [-0.25, -0.2) is 14.3 Å². The van der Waals surface area contributed by atoms with E-state index in [2.05, 4.69) is 15.4 Å². The number of carbonyl (C=O) groups is 1. The molecule has 0 amide bonds. The predicted molar refractivity (Wildman–Crippen MR) is 67.5 cm³/mol. The summed E-state index contributed by atoms with van der Waals surface area (Å²) in [5.74, 6) is 0.830. The quantitative estimate of drug-likeness (QED) is 0.816. The molecule has 3 rings (SSSR count). The highest BCUT2D eigenvalue weighted by Crippen LogP contribution is 2.27. The Labute approximate surface area is 109 Å². The van der Waals surface area contributed by atoms with Gasteiger partial charge in [0.2, 0.25) is 0 Å². The Morgan fingerprint density at radius 2 is 2.53 bits per heavy atom. The molecule has 0 saturated heterocycles. The number of carbonyl (C=O) groups excluding carboxylic acids is 1. The van der Waals surface area contributed by atoms with Gasteiger partial charge in [0.15, 0.2) is 17.2 Å². The van der Waals surface area contributed by atoms with Crippen LogP contribution in [-0.2, 0) is 4.74 Å². The molecule has 0 saturated carbocycles. The average molecular weight is 262 g/mol. The molecule has 0 bridgehead atoms. The van der Waals surface area contributed by atoms with Gasteiger partial charge in [0.1, 0.15) is 12.2 Å². The van der Waals surface area contributed by atoms with Gasteiger partial charge in [-0.3, -0.25) is 0 Å². The van der Waals surface area contributed by atoms with Gasteiger partial charge in [0.05, 0.1) is 25.0 Å². The fourth-order valence-electron chi connectivity index (χ4n) is 1.95. The minimum Gasteiger partial charge on any atom is -0.486 e. The van der Waals surface area contributed by atoms with Crippen LogP contribution in [0.4, 0.5) is 5.82 Å². The lowest BCUT2D eigenvalue weighted by atomic mass is 10.3. The van der Waals surface area contributed by atoms with Crippen molar-refractivity contribution in [1.82, 2.24) is 14.6 Å². The van der Waals surface area contributed by atoms with E-state index in [1.165, 1.54) is 10.7 Å². The van der Waals surface area contributed by atoms with Crippen molar-refractivity contribution >= 4 is 17.4 Å². The van der Waals surface area contributed by atoms with Crippen LogP contribution in [0.5, 0.6) is 5.75 Å². The van der Waals surface area contributed by atoms with E-state index in [9.17, 15) is 4.79 Å². The second-order valence-corrected chi connectivity index (χ2v) is 4.36. The van der Waals surface area contributed by atoms with Crippen molar-refractivity contribution in [1.29, 1.82) is 0 Å². The molecule has 1 N–H and O–H groups in total. The van der Waals surface area contributed by atoms with Gasteiger partial charge in [-0.05, 0) is 13.8 Å². The molecule has 19 heavy (non-hydrogen) atoms. The number of hydrogen-bond donors (Lipinski definition) is 1. The number of hydrogen-bond acceptors (Lipinski definition) is 6. The van der Waals surface area contributed by atoms with Crippen molar-refractivity contribution in [3.8, 4) is 5.75 Å². The summed E-state index contributed by atoms with van der Waals surface area (Å²) in [7, 11) is 0. The first kappa shape index (κ1) is 11.8. The molecular formula is C12H14N4O3. The number of fused-ring (bicyclic) bond motifs is 2. The third-order valence-electron chi connectivity index (χ3n) is 2.83. The largest absolute Gasteiger partial charge is 0.486 e. The molecule has 1 aliphatic rings. The van der Waals surface area contributed by atoms with Gasteiger partial charge >= 0.3 is 5.97 Å². The molecule has 0 aromatic carbocycles. The lowest BCUT2D eigenvalue weighted by molar-refractivity contribution is 0.0528. The molecule has 1 aliphatic heterocycles. The molecule has 2 aromatic heterocycles. The Morgan fingerprint density at radius 1 is 1.68 bits per heavy atom. The summed E-state index contributed by atoms with van der Waals surface area (Å²) < 4.78 is 12.1. The maximum absolute atomic E-state index is 11.8. The molecule has 7 nitrogen and oxygen atoms in total. The van der Waals surface area contributed by atoms with E-state index < -0.39 is 5.97 Å². The Hall–Kier alpha value is -2.31. The first-order valence-corrected chi connectivity index (χ1v) is 6.14. The monoisotopic (exact) mass is 262 g/mol. The van der Waals surface area contributed by atoms with Crippen LogP contribution in [0.2, 0.25) is 0 Å². The van der Waals surface area contributed by atoms with E-state index in [0.717, 1.165) is 0 Å². The Balaban J connectivity index is 2.08. The number of ether oxygens (including phenoxy) is 2. The van der Waals surface area contributed by atoms with E-state index in [4.69, 9.17) is 9.47 Å². The van der Waals surface area contributed by atoms with Crippen LogP contribution in [0.3, 0.4) is 0 Å². The second kappa shape index (κ2) is 4.42. The van der Waals surface area contributed by atoms with Crippen molar-refractivity contribution in [2.24, 2.45) is 0 Å². The molecule has 0 spiro atoms. The van der Waals surface area contributed by atoms with Crippen molar-refractivity contribution in [2.45, 2.75) is 19.9 Å². The Kier molecular flexibility index (Phi) is 2.73. The van der Waals surface area contributed by atoms with E-state index in [-0.39, 0.29) is 6.04 Å². The third-order valence-corrected chi connectivity index (χ3v) is 2.83.